The van der Waals surface area contributed by atoms with Gasteiger partial charge in [-0.3, -0.25) is 18.6 Å². The molecule has 0 radical (unpaired) electrons. The summed E-state index contributed by atoms with van der Waals surface area (Å²) in [4.78, 5) is 15.6. The van der Waals surface area contributed by atoms with Crippen LogP contribution < -0.4 is 10.9 Å². The zero-order valence-corrected chi connectivity index (χ0v) is 15.5. The molecule has 8 nitrogen and oxygen atoms in total. The molecule has 0 spiro atoms. The van der Waals surface area contributed by atoms with E-state index in [4.69, 9.17) is 5.26 Å². The minimum Gasteiger partial charge on any atom is -0.338 e. The van der Waals surface area contributed by atoms with Crippen LogP contribution in [0.2, 0.25) is 0 Å². The molecule has 1 aliphatic rings. The third kappa shape index (κ3) is 2.98. The van der Waals surface area contributed by atoms with E-state index in [0.717, 1.165) is 5.56 Å². The number of aromatic amines is 1. The maximum absolute atomic E-state index is 12.4. The Labute approximate surface area is 156 Å². The SMILES string of the molecule is CC(CC#N)n1nc(Nc2ccc3c(c2)CCS3(O)O)c2c(=O)[nH]ccc21. The maximum atomic E-state index is 12.4. The van der Waals surface area contributed by atoms with E-state index in [9.17, 15) is 13.9 Å². The fraction of sp³-hybridized carbons (Fsp3) is 0.278. The Morgan fingerprint density at radius 1 is 1.44 bits per heavy atom. The first-order valence-corrected chi connectivity index (χ1v) is 10.2. The minimum atomic E-state index is -2.68. The second kappa shape index (κ2) is 6.42. The molecular weight excluding hydrogens is 366 g/mol. The first kappa shape index (κ1) is 17.6. The number of aryl methyl sites for hydroxylation is 1. The maximum Gasteiger partial charge on any atom is 0.261 e. The number of hydrogen-bond donors (Lipinski definition) is 4. The van der Waals surface area contributed by atoms with Crippen molar-refractivity contribution < 1.29 is 9.11 Å². The second-order valence-corrected chi connectivity index (χ2v) is 8.82. The topological polar surface area (TPSA) is 127 Å². The van der Waals surface area contributed by atoms with Crippen molar-refractivity contribution in [1.82, 2.24) is 14.8 Å². The zero-order valence-electron chi connectivity index (χ0n) is 14.6. The van der Waals surface area contributed by atoms with Crippen molar-refractivity contribution >= 4 is 33.0 Å². The molecule has 4 rings (SSSR count). The highest BCUT2D eigenvalue weighted by Crippen LogP contribution is 2.55. The van der Waals surface area contributed by atoms with Gasteiger partial charge in [-0.25, -0.2) is 0 Å². The van der Waals surface area contributed by atoms with Crippen LogP contribution in [0.4, 0.5) is 11.5 Å². The molecule has 0 saturated carbocycles. The number of aromatic nitrogens is 3. The van der Waals surface area contributed by atoms with Gasteiger partial charge in [-0.05, 0) is 43.2 Å². The predicted octanol–water partition coefficient (Wildman–Crippen LogP) is 3.61. The van der Waals surface area contributed by atoms with Crippen LogP contribution in [0.15, 0.2) is 40.2 Å². The van der Waals surface area contributed by atoms with Gasteiger partial charge in [0, 0.05) is 17.6 Å². The fourth-order valence-electron chi connectivity index (χ4n) is 3.41. The van der Waals surface area contributed by atoms with Gasteiger partial charge in [0.05, 0.1) is 28.9 Å². The number of fused-ring (bicyclic) bond motifs is 2. The van der Waals surface area contributed by atoms with Crippen LogP contribution in [0.5, 0.6) is 0 Å². The molecule has 1 aliphatic heterocycles. The standard InChI is InChI=1S/C18H19N5O3S/c1-11(4-7-19)23-14-5-8-20-18(24)16(14)17(22-23)21-13-2-3-15-12(10-13)6-9-27(15,25)26/h2-3,5,8,10-11,25-26H,4,6,9H2,1H3,(H,20,24)(H,21,22). The van der Waals surface area contributed by atoms with E-state index in [1.165, 1.54) is 0 Å². The molecule has 1 aromatic carbocycles. The van der Waals surface area contributed by atoms with Crippen molar-refractivity contribution in [3.8, 4) is 6.07 Å². The van der Waals surface area contributed by atoms with E-state index < -0.39 is 10.6 Å². The molecule has 1 unspecified atom stereocenters. The zero-order chi connectivity index (χ0) is 19.2. The Morgan fingerprint density at radius 2 is 2.26 bits per heavy atom. The average Bonchev–Trinajstić information content (AvgIpc) is 3.14. The molecule has 2 aromatic heterocycles. The summed E-state index contributed by atoms with van der Waals surface area (Å²) in [6, 6.07) is 9.03. The molecule has 0 fully saturated rings. The summed E-state index contributed by atoms with van der Waals surface area (Å²) >= 11 is 0. The summed E-state index contributed by atoms with van der Waals surface area (Å²) in [5, 5.41) is 17.1. The molecule has 4 N–H and O–H groups in total. The van der Waals surface area contributed by atoms with Crippen LogP contribution in [0.3, 0.4) is 0 Å². The summed E-state index contributed by atoms with van der Waals surface area (Å²) in [5.74, 6) is 0.746. The van der Waals surface area contributed by atoms with Gasteiger partial charge in [-0.15, -0.1) is 0 Å². The van der Waals surface area contributed by atoms with Crippen molar-refractivity contribution in [3.05, 3.63) is 46.4 Å². The Hall–Kier alpha value is -2.80. The molecule has 9 heteroatoms. The van der Waals surface area contributed by atoms with E-state index in [1.807, 2.05) is 13.0 Å². The summed E-state index contributed by atoms with van der Waals surface area (Å²) < 4.78 is 21.8. The van der Waals surface area contributed by atoms with Gasteiger partial charge in [0.15, 0.2) is 5.82 Å². The third-order valence-corrected chi connectivity index (χ3v) is 6.64. The number of benzene rings is 1. The normalized spacial score (nSPS) is 17.3. The van der Waals surface area contributed by atoms with Crippen molar-refractivity contribution in [2.24, 2.45) is 0 Å². The number of nitriles is 1. The molecule has 3 heterocycles. The lowest BCUT2D eigenvalue weighted by atomic mass is 10.1. The molecule has 0 saturated heterocycles. The molecule has 1 atom stereocenters. The molecular formula is C18H19N5O3S. The van der Waals surface area contributed by atoms with Crippen molar-refractivity contribution in [1.29, 1.82) is 5.26 Å². The first-order chi connectivity index (χ1) is 12.9. The highest BCUT2D eigenvalue weighted by atomic mass is 32.3. The van der Waals surface area contributed by atoms with Gasteiger partial charge in [0.25, 0.3) is 5.56 Å². The summed E-state index contributed by atoms with van der Waals surface area (Å²) in [6.45, 7) is 1.88. The van der Waals surface area contributed by atoms with Crippen molar-refractivity contribution in [2.45, 2.75) is 30.7 Å². The van der Waals surface area contributed by atoms with Crippen LogP contribution in [0.1, 0.15) is 24.9 Å². The predicted molar refractivity (Wildman–Crippen MR) is 105 cm³/mol. The van der Waals surface area contributed by atoms with Crippen LogP contribution >= 0.6 is 10.6 Å². The number of hydrogen-bond acceptors (Lipinski definition) is 6. The third-order valence-electron chi connectivity index (χ3n) is 4.77. The van der Waals surface area contributed by atoms with Gasteiger partial charge in [-0.1, -0.05) is 0 Å². The Kier molecular flexibility index (Phi) is 4.19. The van der Waals surface area contributed by atoms with Gasteiger partial charge >= 0.3 is 0 Å². The highest BCUT2D eigenvalue weighted by Gasteiger charge is 2.27. The molecule has 0 bridgehead atoms. The highest BCUT2D eigenvalue weighted by molar-refractivity contribution is 8.24. The Bertz CT molecular complexity index is 1130. The van der Waals surface area contributed by atoms with E-state index in [-0.39, 0.29) is 18.0 Å². The van der Waals surface area contributed by atoms with Crippen molar-refractivity contribution in [3.63, 3.8) is 0 Å². The van der Waals surface area contributed by atoms with Crippen LogP contribution in [0, 0.1) is 11.3 Å². The number of nitrogens with zero attached hydrogens (tertiary/aromatic N) is 3. The van der Waals surface area contributed by atoms with Crippen LogP contribution in [-0.4, -0.2) is 29.6 Å². The molecule has 0 amide bonds. The molecule has 27 heavy (non-hydrogen) atoms. The Balaban J connectivity index is 1.77. The lowest BCUT2D eigenvalue weighted by Crippen LogP contribution is -2.08. The summed E-state index contributed by atoms with van der Waals surface area (Å²) in [6.07, 6.45) is 2.44. The largest absolute Gasteiger partial charge is 0.338 e. The summed E-state index contributed by atoms with van der Waals surface area (Å²) in [7, 11) is -2.68. The van der Waals surface area contributed by atoms with Crippen LogP contribution in [0.25, 0.3) is 10.9 Å². The fourth-order valence-corrected chi connectivity index (χ4v) is 5.00. The van der Waals surface area contributed by atoms with Gasteiger partial charge < -0.3 is 10.3 Å². The molecule has 0 aliphatic carbocycles. The first-order valence-electron chi connectivity index (χ1n) is 8.53. The number of rotatable bonds is 4. The number of pyridine rings is 1. The lowest BCUT2D eigenvalue weighted by molar-refractivity contribution is 0.492. The van der Waals surface area contributed by atoms with Crippen LogP contribution in [-0.2, 0) is 6.42 Å². The van der Waals surface area contributed by atoms with Gasteiger partial charge in [0.1, 0.15) is 5.39 Å². The smallest absolute Gasteiger partial charge is 0.261 e. The number of anilines is 2. The Morgan fingerprint density at radius 3 is 3.04 bits per heavy atom. The second-order valence-electron chi connectivity index (χ2n) is 6.64. The lowest BCUT2D eigenvalue weighted by Gasteiger charge is -2.27. The minimum absolute atomic E-state index is 0.178. The average molecular weight is 385 g/mol. The van der Waals surface area contributed by atoms with E-state index in [0.29, 0.717) is 39.5 Å². The van der Waals surface area contributed by atoms with Crippen molar-refractivity contribution in [2.75, 3.05) is 11.1 Å². The molecule has 140 valence electrons. The molecule has 3 aromatic rings. The van der Waals surface area contributed by atoms with E-state index in [2.05, 4.69) is 21.5 Å². The van der Waals surface area contributed by atoms with Gasteiger partial charge in [-0.2, -0.15) is 21.0 Å². The van der Waals surface area contributed by atoms with E-state index >= 15 is 0 Å². The monoisotopic (exact) mass is 385 g/mol. The number of H-pyrrole nitrogens is 1. The van der Waals surface area contributed by atoms with E-state index in [1.54, 1.807) is 29.1 Å². The summed E-state index contributed by atoms with van der Waals surface area (Å²) in [5.41, 5.74) is 1.99. The number of nitrogens with one attached hydrogen (secondary N) is 2. The quantitative estimate of drug-likeness (QED) is 0.543. The van der Waals surface area contributed by atoms with Gasteiger partial charge in [0.2, 0.25) is 0 Å².